The summed E-state index contributed by atoms with van der Waals surface area (Å²) >= 11 is 1.47. The van der Waals surface area contributed by atoms with Crippen LogP contribution in [0.4, 0.5) is 10.3 Å². The van der Waals surface area contributed by atoms with E-state index >= 15 is 0 Å². The van der Waals surface area contributed by atoms with Gasteiger partial charge in [0.1, 0.15) is 16.4 Å². The molecule has 3 heterocycles. The fraction of sp³-hybridized carbons (Fsp3) is 0.240. The van der Waals surface area contributed by atoms with Crippen LogP contribution in [0.15, 0.2) is 58.4 Å². The molecule has 1 aliphatic heterocycles. The highest BCUT2D eigenvalue weighted by atomic mass is 32.1. The monoisotopic (exact) mass is 478 g/mol. The van der Waals surface area contributed by atoms with Gasteiger partial charge in [-0.1, -0.05) is 12.1 Å². The lowest BCUT2D eigenvalue weighted by Crippen LogP contribution is -2.32. The minimum Gasteiger partial charge on any atom is -0.497 e. The molecular formula is C25H23FN4O3S. The average molecular weight is 479 g/mol. The number of benzene rings is 2. The molecule has 2 aromatic heterocycles. The molecule has 0 unspecified atom stereocenters. The lowest BCUT2D eigenvalue weighted by molar-refractivity contribution is -0.0379. The predicted octanol–water partition coefficient (Wildman–Crippen LogP) is 4.89. The highest BCUT2D eigenvalue weighted by Gasteiger charge is 2.31. The summed E-state index contributed by atoms with van der Waals surface area (Å²) in [7, 11) is 1.59. The minimum absolute atomic E-state index is 0.176. The third kappa shape index (κ3) is 4.20. The molecule has 0 bridgehead atoms. The summed E-state index contributed by atoms with van der Waals surface area (Å²) in [4.78, 5) is 20.3. The molecule has 0 aliphatic carbocycles. The normalized spacial score (nSPS) is 14.9. The number of methoxy groups -OCH3 is 1. The van der Waals surface area contributed by atoms with Gasteiger partial charge in [0.2, 0.25) is 5.95 Å². The molecule has 0 amide bonds. The lowest BCUT2D eigenvalue weighted by Gasteiger charge is -2.29. The average Bonchev–Trinajstić information content (AvgIpc) is 3.17. The third-order valence-electron chi connectivity index (χ3n) is 5.68. The van der Waals surface area contributed by atoms with Gasteiger partial charge in [-0.25, -0.2) is 19.4 Å². The van der Waals surface area contributed by atoms with Gasteiger partial charge in [-0.05, 0) is 61.4 Å². The van der Waals surface area contributed by atoms with Crippen LogP contribution >= 0.6 is 11.3 Å². The van der Waals surface area contributed by atoms with Crippen molar-refractivity contribution in [1.82, 2.24) is 9.55 Å². The number of aromatic nitrogens is 2. The smallest absolute Gasteiger partial charge is 0.268 e. The fourth-order valence-corrected chi connectivity index (χ4v) is 5.05. The Morgan fingerprint density at radius 1 is 1.21 bits per heavy atom. The Morgan fingerprint density at radius 3 is 2.65 bits per heavy atom. The second-order valence-electron chi connectivity index (χ2n) is 8.60. The number of rotatable bonds is 5. The van der Waals surface area contributed by atoms with Gasteiger partial charge in [-0.3, -0.25) is 4.79 Å². The number of thiophene rings is 1. The van der Waals surface area contributed by atoms with Crippen LogP contribution in [0, 0.1) is 5.82 Å². The predicted molar refractivity (Wildman–Crippen MR) is 132 cm³/mol. The molecule has 34 heavy (non-hydrogen) atoms. The first kappa shape index (κ1) is 22.2. The summed E-state index contributed by atoms with van der Waals surface area (Å²) in [6.07, 6.45) is 2.18. The van der Waals surface area contributed by atoms with Crippen molar-refractivity contribution in [2.45, 2.75) is 32.5 Å². The molecule has 0 spiro atoms. The number of hydrogen-bond acceptors (Lipinski definition) is 7. The standard InChI is InChI=1S/C25H23FN4O3S/c1-25(2)12-19-20(14-33-25)34-22-21(19)23(31)30(17-8-10-18(32-3)11-9-17)24(28-22)29-27-13-15-4-6-16(26)7-5-15/h4-11,13H,12,14H2,1-3H3,(H,28,29)/b27-13-. The molecule has 174 valence electrons. The Balaban J connectivity index is 1.63. The van der Waals surface area contributed by atoms with E-state index in [0.29, 0.717) is 40.2 Å². The fourth-order valence-electron chi connectivity index (χ4n) is 3.95. The molecule has 0 radical (unpaired) electrons. The van der Waals surface area contributed by atoms with Gasteiger partial charge in [-0.2, -0.15) is 5.10 Å². The van der Waals surface area contributed by atoms with E-state index in [0.717, 1.165) is 10.4 Å². The van der Waals surface area contributed by atoms with Gasteiger partial charge in [0.05, 0.1) is 36.6 Å². The second kappa shape index (κ2) is 8.66. The summed E-state index contributed by atoms with van der Waals surface area (Å²) in [5.41, 5.74) is 4.71. The summed E-state index contributed by atoms with van der Waals surface area (Å²) < 4.78 is 25.9. The Hall–Kier alpha value is -3.56. The highest BCUT2D eigenvalue weighted by molar-refractivity contribution is 7.18. The van der Waals surface area contributed by atoms with Crippen LogP contribution in [0.3, 0.4) is 0 Å². The second-order valence-corrected chi connectivity index (χ2v) is 9.69. The number of nitrogens with one attached hydrogen (secondary N) is 1. The quantitative estimate of drug-likeness (QED) is 0.326. The van der Waals surface area contributed by atoms with Crippen molar-refractivity contribution in [2.24, 2.45) is 5.10 Å². The van der Waals surface area contributed by atoms with Gasteiger partial charge in [0.25, 0.3) is 5.56 Å². The molecule has 0 fully saturated rings. The van der Waals surface area contributed by atoms with Gasteiger partial charge < -0.3 is 9.47 Å². The number of hydrogen-bond donors (Lipinski definition) is 1. The molecule has 7 nitrogen and oxygen atoms in total. The van der Waals surface area contributed by atoms with E-state index in [1.165, 1.54) is 28.0 Å². The summed E-state index contributed by atoms with van der Waals surface area (Å²) in [5, 5.41) is 4.86. The van der Waals surface area contributed by atoms with Crippen molar-refractivity contribution < 1.29 is 13.9 Å². The van der Waals surface area contributed by atoms with Crippen LogP contribution < -0.4 is 15.7 Å². The Kier molecular flexibility index (Phi) is 5.66. The number of hydrazone groups is 1. The number of ether oxygens (including phenoxy) is 2. The Bertz CT molecular complexity index is 1440. The van der Waals surface area contributed by atoms with Crippen molar-refractivity contribution in [1.29, 1.82) is 0 Å². The van der Waals surface area contributed by atoms with Gasteiger partial charge in [0.15, 0.2) is 0 Å². The van der Waals surface area contributed by atoms with Crippen LogP contribution in [0.2, 0.25) is 0 Å². The molecular weight excluding hydrogens is 455 g/mol. The maximum atomic E-state index is 13.8. The van der Waals surface area contributed by atoms with Crippen molar-refractivity contribution in [3.8, 4) is 11.4 Å². The molecule has 1 N–H and O–H groups in total. The van der Waals surface area contributed by atoms with Crippen LogP contribution in [-0.4, -0.2) is 28.5 Å². The maximum absolute atomic E-state index is 13.8. The molecule has 9 heteroatoms. The molecule has 0 atom stereocenters. The largest absolute Gasteiger partial charge is 0.497 e. The zero-order valence-corrected chi connectivity index (χ0v) is 19.8. The van der Waals surface area contributed by atoms with Gasteiger partial charge >= 0.3 is 0 Å². The number of halogens is 1. The number of fused-ring (bicyclic) bond motifs is 3. The van der Waals surface area contributed by atoms with E-state index < -0.39 is 0 Å². The van der Waals surface area contributed by atoms with Crippen molar-refractivity contribution in [3.63, 3.8) is 0 Å². The van der Waals surface area contributed by atoms with E-state index in [-0.39, 0.29) is 22.9 Å². The number of nitrogens with zero attached hydrogens (tertiary/aromatic N) is 3. The van der Waals surface area contributed by atoms with Crippen LogP contribution in [-0.2, 0) is 17.8 Å². The zero-order valence-electron chi connectivity index (χ0n) is 19.0. The Morgan fingerprint density at radius 2 is 1.94 bits per heavy atom. The molecule has 0 saturated heterocycles. The molecule has 1 aliphatic rings. The third-order valence-corrected chi connectivity index (χ3v) is 6.78. The van der Waals surface area contributed by atoms with E-state index in [4.69, 9.17) is 14.5 Å². The van der Waals surface area contributed by atoms with Gasteiger partial charge in [0, 0.05) is 11.3 Å². The van der Waals surface area contributed by atoms with E-state index in [1.807, 2.05) is 13.8 Å². The van der Waals surface area contributed by atoms with E-state index in [2.05, 4.69) is 10.5 Å². The van der Waals surface area contributed by atoms with Gasteiger partial charge in [-0.15, -0.1) is 11.3 Å². The SMILES string of the molecule is COc1ccc(-n2c(N/N=C\c3ccc(F)cc3)nc3sc4c(c3c2=O)CC(C)(C)OC4)cc1. The maximum Gasteiger partial charge on any atom is 0.268 e. The molecule has 2 aromatic carbocycles. The number of anilines is 1. The molecule has 0 saturated carbocycles. The topological polar surface area (TPSA) is 77.7 Å². The summed E-state index contributed by atoms with van der Waals surface area (Å²) in [6.45, 7) is 4.50. The highest BCUT2D eigenvalue weighted by Crippen LogP contribution is 2.37. The Labute approximate surface area is 199 Å². The molecule has 5 rings (SSSR count). The lowest BCUT2D eigenvalue weighted by atomic mass is 9.94. The van der Waals surface area contributed by atoms with E-state index in [9.17, 15) is 9.18 Å². The minimum atomic E-state index is -0.352. The first-order valence-electron chi connectivity index (χ1n) is 10.7. The van der Waals surface area contributed by atoms with Crippen molar-refractivity contribution >= 4 is 33.7 Å². The first-order valence-corrected chi connectivity index (χ1v) is 11.6. The van der Waals surface area contributed by atoms with Crippen molar-refractivity contribution in [2.75, 3.05) is 12.5 Å². The zero-order chi connectivity index (χ0) is 23.9. The van der Waals surface area contributed by atoms with Crippen LogP contribution in [0.25, 0.3) is 15.9 Å². The van der Waals surface area contributed by atoms with Crippen LogP contribution in [0.5, 0.6) is 5.75 Å². The summed E-state index contributed by atoms with van der Waals surface area (Å²) in [5.74, 6) is 0.640. The molecule has 4 aromatic rings. The first-order chi connectivity index (χ1) is 16.3. The summed E-state index contributed by atoms with van der Waals surface area (Å²) in [6, 6.07) is 13.1. The van der Waals surface area contributed by atoms with Crippen molar-refractivity contribution in [3.05, 3.63) is 80.7 Å². The van der Waals surface area contributed by atoms with Crippen LogP contribution in [0.1, 0.15) is 29.9 Å². The van der Waals surface area contributed by atoms with E-state index in [1.54, 1.807) is 49.7 Å².